The molecule has 0 fully saturated rings. The van der Waals surface area contributed by atoms with Gasteiger partial charge in [0.25, 0.3) is 5.91 Å². The number of ether oxygens (including phenoxy) is 2. The number of methoxy groups -OCH3 is 1. The lowest BCUT2D eigenvalue weighted by atomic mass is 10.2. The summed E-state index contributed by atoms with van der Waals surface area (Å²) >= 11 is 1.35. The van der Waals surface area contributed by atoms with E-state index in [0.29, 0.717) is 17.2 Å². The molecule has 1 heterocycles. The molecule has 0 unspecified atom stereocenters. The van der Waals surface area contributed by atoms with Crippen molar-refractivity contribution in [3.05, 3.63) is 23.0 Å². The molecular weight excluding hydrogens is 316 g/mol. The SMILES string of the molecule is CCOc1cccc2sc(=NC(=O)C(C)C)n(CC(=O)OC)c12. The van der Waals surface area contributed by atoms with Gasteiger partial charge in [-0.2, -0.15) is 4.99 Å². The molecule has 7 heteroatoms. The Morgan fingerprint density at radius 3 is 2.70 bits per heavy atom. The van der Waals surface area contributed by atoms with E-state index in [1.165, 1.54) is 18.4 Å². The van der Waals surface area contributed by atoms with Crippen molar-refractivity contribution in [1.29, 1.82) is 0 Å². The van der Waals surface area contributed by atoms with Gasteiger partial charge < -0.3 is 14.0 Å². The summed E-state index contributed by atoms with van der Waals surface area (Å²) in [5.74, 6) is -0.190. The number of carbonyl (C=O) groups is 2. The summed E-state index contributed by atoms with van der Waals surface area (Å²) in [7, 11) is 1.33. The molecule has 124 valence electrons. The molecule has 0 saturated heterocycles. The standard InChI is InChI=1S/C16H20N2O4S/c1-5-22-11-7-6-8-12-14(11)18(9-13(19)21-4)16(23-12)17-15(20)10(2)3/h6-8,10H,5,9H2,1-4H3. The second kappa shape index (κ2) is 7.41. The number of rotatable bonds is 5. The number of para-hydroxylation sites is 1. The second-order valence-electron chi connectivity index (χ2n) is 5.19. The maximum atomic E-state index is 12.0. The molecule has 0 spiro atoms. The van der Waals surface area contributed by atoms with Crippen LogP contribution in [0.25, 0.3) is 10.2 Å². The van der Waals surface area contributed by atoms with Gasteiger partial charge in [0.2, 0.25) is 0 Å². The van der Waals surface area contributed by atoms with E-state index in [0.717, 1.165) is 10.2 Å². The summed E-state index contributed by atoms with van der Waals surface area (Å²) in [6, 6.07) is 5.62. The highest BCUT2D eigenvalue weighted by Gasteiger charge is 2.16. The molecule has 0 saturated carbocycles. The number of fused-ring (bicyclic) bond motifs is 1. The lowest BCUT2D eigenvalue weighted by molar-refractivity contribution is -0.141. The van der Waals surface area contributed by atoms with E-state index < -0.39 is 5.97 Å². The first-order valence-electron chi connectivity index (χ1n) is 7.38. The van der Waals surface area contributed by atoms with E-state index in [2.05, 4.69) is 4.99 Å². The summed E-state index contributed by atoms with van der Waals surface area (Å²) in [5, 5.41) is 0. The van der Waals surface area contributed by atoms with Gasteiger partial charge in [0.1, 0.15) is 17.8 Å². The van der Waals surface area contributed by atoms with Gasteiger partial charge in [-0.15, -0.1) is 0 Å². The monoisotopic (exact) mass is 336 g/mol. The first-order valence-corrected chi connectivity index (χ1v) is 8.20. The van der Waals surface area contributed by atoms with Gasteiger partial charge in [-0.3, -0.25) is 9.59 Å². The van der Waals surface area contributed by atoms with Crippen LogP contribution >= 0.6 is 11.3 Å². The molecule has 6 nitrogen and oxygen atoms in total. The average Bonchev–Trinajstić information content (AvgIpc) is 2.85. The number of nitrogens with zero attached hydrogens (tertiary/aromatic N) is 2. The van der Waals surface area contributed by atoms with Crippen LogP contribution in [-0.2, 0) is 20.9 Å². The van der Waals surface area contributed by atoms with Crippen LogP contribution in [-0.4, -0.2) is 30.2 Å². The molecule has 23 heavy (non-hydrogen) atoms. The van der Waals surface area contributed by atoms with Crippen LogP contribution in [0.2, 0.25) is 0 Å². The molecule has 0 aliphatic carbocycles. The molecule has 2 aromatic rings. The predicted octanol–water partition coefficient (Wildman–Crippen LogP) is 2.36. The minimum absolute atomic E-state index is 0.0230. The minimum atomic E-state index is -0.408. The van der Waals surface area contributed by atoms with Crippen LogP contribution in [0.4, 0.5) is 0 Å². The van der Waals surface area contributed by atoms with Gasteiger partial charge in [0.05, 0.1) is 18.4 Å². The van der Waals surface area contributed by atoms with Crippen LogP contribution < -0.4 is 9.54 Å². The lowest BCUT2D eigenvalue weighted by Gasteiger charge is -2.09. The zero-order valence-corrected chi connectivity index (χ0v) is 14.5. The van der Waals surface area contributed by atoms with E-state index in [-0.39, 0.29) is 18.4 Å². The Morgan fingerprint density at radius 1 is 1.35 bits per heavy atom. The van der Waals surface area contributed by atoms with E-state index in [1.807, 2.05) is 25.1 Å². The smallest absolute Gasteiger partial charge is 0.325 e. The third-order valence-electron chi connectivity index (χ3n) is 3.18. The largest absolute Gasteiger partial charge is 0.492 e. The third-order valence-corrected chi connectivity index (χ3v) is 4.22. The Bertz CT molecular complexity index is 789. The van der Waals surface area contributed by atoms with Gasteiger partial charge in [0.15, 0.2) is 4.80 Å². The third kappa shape index (κ3) is 3.79. The number of hydrogen-bond acceptors (Lipinski definition) is 5. The fourth-order valence-corrected chi connectivity index (χ4v) is 3.07. The van der Waals surface area contributed by atoms with Crippen LogP contribution in [0.15, 0.2) is 23.2 Å². The van der Waals surface area contributed by atoms with Gasteiger partial charge in [0, 0.05) is 5.92 Å². The molecule has 1 aromatic heterocycles. The number of aromatic nitrogens is 1. The Morgan fingerprint density at radius 2 is 2.09 bits per heavy atom. The minimum Gasteiger partial charge on any atom is -0.492 e. The molecule has 1 aromatic carbocycles. The topological polar surface area (TPSA) is 69.9 Å². The van der Waals surface area contributed by atoms with Gasteiger partial charge in [-0.05, 0) is 19.1 Å². The Balaban J connectivity index is 2.71. The number of benzene rings is 1. The maximum absolute atomic E-state index is 12.0. The molecule has 0 bridgehead atoms. The molecule has 2 rings (SSSR count). The maximum Gasteiger partial charge on any atom is 0.325 e. The molecule has 0 aliphatic rings. The zero-order chi connectivity index (χ0) is 17.0. The highest BCUT2D eigenvalue weighted by atomic mass is 32.1. The van der Waals surface area contributed by atoms with Crippen molar-refractivity contribution in [2.75, 3.05) is 13.7 Å². The van der Waals surface area contributed by atoms with E-state index in [1.54, 1.807) is 18.4 Å². The molecule has 0 radical (unpaired) electrons. The van der Waals surface area contributed by atoms with Gasteiger partial charge >= 0.3 is 5.97 Å². The lowest BCUT2D eigenvalue weighted by Crippen LogP contribution is -2.23. The molecule has 0 atom stereocenters. The summed E-state index contributed by atoms with van der Waals surface area (Å²) < 4.78 is 13.0. The van der Waals surface area contributed by atoms with Crippen molar-refractivity contribution in [3.8, 4) is 5.75 Å². The fourth-order valence-electron chi connectivity index (χ4n) is 2.02. The fraction of sp³-hybridized carbons (Fsp3) is 0.438. The number of amides is 1. The van der Waals surface area contributed by atoms with Crippen LogP contribution in [0.1, 0.15) is 20.8 Å². The predicted molar refractivity (Wildman–Crippen MR) is 88.4 cm³/mol. The Labute approximate surface area is 138 Å². The van der Waals surface area contributed by atoms with Gasteiger partial charge in [-0.1, -0.05) is 31.3 Å². The number of esters is 1. The number of thiazole rings is 1. The van der Waals surface area contributed by atoms with Gasteiger partial charge in [-0.25, -0.2) is 0 Å². The summed E-state index contributed by atoms with van der Waals surface area (Å²) in [4.78, 5) is 28.4. The van der Waals surface area contributed by atoms with Crippen molar-refractivity contribution in [2.45, 2.75) is 27.3 Å². The van der Waals surface area contributed by atoms with Crippen molar-refractivity contribution >= 4 is 33.4 Å². The molecular formula is C16H20N2O4S. The second-order valence-corrected chi connectivity index (χ2v) is 6.20. The molecule has 0 N–H and O–H groups in total. The van der Waals surface area contributed by atoms with E-state index >= 15 is 0 Å². The highest BCUT2D eigenvalue weighted by molar-refractivity contribution is 7.16. The first-order chi connectivity index (χ1) is 11.0. The quantitative estimate of drug-likeness (QED) is 0.786. The van der Waals surface area contributed by atoms with Crippen LogP contribution in [0.3, 0.4) is 0 Å². The van der Waals surface area contributed by atoms with Crippen molar-refractivity contribution in [3.63, 3.8) is 0 Å². The zero-order valence-electron chi connectivity index (χ0n) is 13.7. The molecule has 1 amide bonds. The van der Waals surface area contributed by atoms with Crippen LogP contribution in [0, 0.1) is 5.92 Å². The number of carbonyl (C=O) groups excluding carboxylic acids is 2. The van der Waals surface area contributed by atoms with E-state index in [9.17, 15) is 9.59 Å². The Kier molecular flexibility index (Phi) is 5.54. The average molecular weight is 336 g/mol. The first kappa shape index (κ1) is 17.2. The molecule has 0 aliphatic heterocycles. The van der Waals surface area contributed by atoms with Crippen molar-refractivity contribution < 1.29 is 19.1 Å². The van der Waals surface area contributed by atoms with Crippen molar-refractivity contribution in [1.82, 2.24) is 4.57 Å². The number of hydrogen-bond donors (Lipinski definition) is 0. The summed E-state index contributed by atoms with van der Waals surface area (Å²) in [6.45, 7) is 5.95. The summed E-state index contributed by atoms with van der Waals surface area (Å²) in [6.07, 6.45) is 0. The van der Waals surface area contributed by atoms with Crippen molar-refractivity contribution in [2.24, 2.45) is 10.9 Å². The highest BCUT2D eigenvalue weighted by Crippen LogP contribution is 2.27. The van der Waals surface area contributed by atoms with Crippen LogP contribution in [0.5, 0.6) is 5.75 Å². The Hall–Kier alpha value is -2.15. The normalized spacial score (nSPS) is 12.0. The van der Waals surface area contributed by atoms with E-state index in [4.69, 9.17) is 9.47 Å². The summed E-state index contributed by atoms with van der Waals surface area (Å²) in [5.41, 5.74) is 0.750.